The highest BCUT2D eigenvalue weighted by Gasteiger charge is 2.35. The lowest BCUT2D eigenvalue weighted by molar-refractivity contribution is -0.138. The molecule has 124 valence electrons. The Morgan fingerprint density at radius 3 is 2.61 bits per heavy atom. The molecule has 0 saturated carbocycles. The highest BCUT2D eigenvalue weighted by atomic mass is 16.2. The van der Waals surface area contributed by atoms with E-state index in [1.807, 2.05) is 4.90 Å². The number of piperidine rings is 2. The Balaban J connectivity index is 1.73. The number of carbonyl (C=O) groups is 2. The average Bonchev–Trinajstić information content (AvgIpc) is 2.62. The van der Waals surface area contributed by atoms with Crippen LogP contribution in [0, 0.1) is 5.92 Å². The zero-order valence-corrected chi connectivity index (χ0v) is 13.8. The summed E-state index contributed by atoms with van der Waals surface area (Å²) in [6.07, 6.45) is 8.12. The number of pyridine rings is 1. The zero-order valence-electron chi connectivity index (χ0n) is 13.8. The second-order valence-electron chi connectivity index (χ2n) is 6.76. The van der Waals surface area contributed by atoms with E-state index in [1.54, 1.807) is 29.4 Å². The summed E-state index contributed by atoms with van der Waals surface area (Å²) >= 11 is 0. The average molecular weight is 315 g/mol. The van der Waals surface area contributed by atoms with E-state index in [2.05, 4.69) is 11.9 Å². The molecule has 2 fully saturated rings. The summed E-state index contributed by atoms with van der Waals surface area (Å²) in [5, 5.41) is 0. The first-order valence-electron chi connectivity index (χ1n) is 8.66. The van der Waals surface area contributed by atoms with Gasteiger partial charge in [-0.05, 0) is 50.2 Å². The molecule has 2 amide bonds. The van der Waals surface area contributed by atoms with E-state index in [1.165, 1.54) is 0 Å². The fourth-order valence-electron chi connectivity index (χ4n) is 3.53. The molecule has 2 aliphatic rings. The third-order valence-corrected chi connectivity index (χ3v) is 5.05. The van der Waals surface area contributed by atoms with Crippen molar-refractivity contribution in [2.75, 3.05) is 19.6 Å². The quantitative estimate of drug-likeness (QED) is 0.842. The molecule has 5 nitrogen and oxygen atoms in total. The molecular formula is C18H25N3O2. The maximum absolute atomic E-state index is 12.9. The van der Waals surface area contributed by atoms with E-state index < -0.39 is 0 Å². The minimum absolute atomic E-state index is 0.0680. The Hall–Kier alpha value is -1.91. The van der Waals surface area contributed by atoms with Gasteiger partial charge in [-0.3, -0.25) is 14.6 Å². The number of hydrogen-bond acceptors (Lipinski definition) is 3. The summed E-state index contributed by atoms with van der Waals surface area (Å²) in [5.74, 6) is 0.758. The monoisotopic (exact) mass is 315 g/mol. The lowest BCUT2D eigenvalue weighted by Gasteiger charge is -2.39. The molecular weight excluding hydrogens is 290 g/mol. The lowest BCUT2D eigenvalue weighted by Crippen LogP contribution is -2.54. The summed E-state index contributed by atoms with van der Waals surface area (Å²) in [6.45, 7) is 4.55. The fraction of sp³-hybridized carbons (Fsp3) is 0.611. The van der Waals surface area contributed by atoms with Gasteiger partial charge in [0.05, 0.1) is 5.56 Å². The van der Waals surface area contributed by atoms with Gasteiger partial charge in [0, 0.05) is 32.0 Å². The predicted octanol–water partition coefficient (Wildman–Crippen LogP) is 2.33. The zero-order chi connectivity index (χ0) is 16.2. The molecule has 3 rings (SSSR count). The number of likely N-dealkylation sites (tertiary alicyclic amines) is 2. The van der Waals surface area contributed by atoms with Gasteiger partial charge in [0.1, 0.15) is 6.04 Å². The molecule has 0 aliphatic carbocycles. The van der Waals surface area contributed by atoms with E-state index in [4.69, 9.17) is 0 Å². The van der Waals surface area contributed by atoms with E-state index in [-0.39, 0.29) is 17.9 Å². The Morgan fingerprint density at radius 2 is 1.91 bits per heavy atom. The van der Waals surface area contributed by atoms with E-state index in [9.17, 15) is 9.59 Å². The molecule has 23 heavy (non-hydrogen) atoms. The van der Waals surface area contributed by atoms with Gasteiger partial charge < -0.3 is 9.80 Å². The van der Waals surface area contributed by atoms with Crippen LogP contribution >= 0.6 is 0 Å². The van der Waals surface area contributed by atoms with E-state index in [0.29, 0.717) is 18.0 Å². The fourth-order valence-corrected chi connectivity index (χ4v) is 3.53. The molecule has 3 heterocycles. The van der Waals surface area contributed by atoms with Gasteiger partial charge in [0.25, 0.3) is 5.91 Å². The van der Waals surface area contributed by atoms with Crippen LogP contribution in [0.4, 0.5) is 0 Å². The molecule has 2 saturated heterocycles. The molecule has 1 atom stereocenters. The second kappa shape index (κ2) is 7.11. The molecule has 1 aromatic rings. The summed E-state index contributed by atoms with van der Waals surface area (Å²) in [7, 11) is 0. The van der Waals surface area contributed by atoms with Crippen molar-refractivity contribution in [2.45, 2.75) is 45.1 Å². The van der Waals surface area contributed by atoms with Crippen LogP contribution in [0.25, 0.3) is 0 Å². The van der Waals surface area contributed by atoms with Crippen LogP contribution in [0.3, 0.4) is 0 Å². The van der Waals surface area contributed by atoms with Crippen molar-refractivity contribution in [1.82, 2.24) is 14.8 Å². The minimum atomic E-state index is -0.301. The van der Waals surface area contributed by atoms with Crippen LogP contribution in [-0.4, -0.2) is 52.3 Å². The molecule has 1 unspecified atom stereocenters. The van der Waals surface area contributed by atoms with Crippen molar-refractivity contribution in [2.24, 2.45) is 5.92 Å². The maximum Gasteiger partial charge on any atom is 0.256 e. The first kappa shape index (κ1) is 16.0. The largest absolute Gasteiger partial charge is 0.341 e. The van der Waals surface area contributed by atoms with Crippen LogP contribution in [0.1, 0.15) is 49.4 Å². The van der Waals surface area contributed by atoms with Gasteiger partial charge in [-0.25, -0.2) is 0 Å². The van der Waals surface area contributed by atoms with Gasteiger partial charge in [0.2, 0.25) is 5.91 Å². The van der Waals surface area contributed by atoms with Crippen LogP contribution < -0.4 is 0 Å². The standard InChI is InChI=1S/C18H25N3O2/c1-14-7-11-20(12-8-14)18(23)16-6-2-3-10-21(16)17(22)15-5-4-9-19-13-15/h4-5,9,13-14,16H,2-3,6-8,10-12H2,1H3. The summed E-state index contributed by atoms with van der Waals surface area (Å²) in [5.41, 5.74) is 0.569. The molecule has 0 radical (unpaired) electrons. The number of nitrogens with zero attached hydrogens (tertiary/aromatic N) is 3. The molecule has 0 spiro atoms. The Bertz CT molecular complexity index is 553. The number of rotatable bonds is 2. The van der Waals surface area contributed by atoms with E-state index >= 15 is 0 Å². The molecule has 2 aliphatic heterocycles. The van der Waals surface area contributed by atoms with Crippen LogP contribution in [0.15, 0.2) is 24.5 Å². The van der Waals surface area contributed by atoms with Crippen molar-refractivity contribution < 1.29 is 9.59 Å². The molecule has 1 aromatic heterocycles. The third kappa shape index (κ3) is 3.54. The van der Waals surface area contributed by atoms with Crippen molar-refractivity contribution in [3.8, 4) is 0 Å². The first-order chi connectivity index (χ1) is 11.2. The van der Waals surface area contributed by atoms with E-state index in [0.717, 1.165) is 45.2 Å². The summed E-state index contributed by atoms with van der Waals surface area (Å²) in [4.78, 5) is 33.4. The first-order valence-corrected chi connectivity index (χ1v) is 8.66. The van der Waals surface area contributed by atoms with Crippen molar-refractivity contribution in [3.63, 3.8) is 0 Å². The van der Waals surface area contributed by atoms with Gasteiger partial charge >= 0.3 is 0 Å². The van der Waals surface area contributed by atoms with Gasteiger partial charge in [-0.15, -0.1) is 0 Å². The van der Waals surface area contributed by atoms with Crippen molar-refractivity contribution in [3.05, 3.63) is 30.1 Å². The van der Waals surface area contributed by atoms with Crippen LogP contribution in [-0.2, 0) is 4.79 Å². The third-order valence-electron chi connectivity index (χ3n) is 5.05. The number of amides is 2. The second-order valence-corrected chi connectivity index (χ2v) is 6.76. The Morgan fingerprint density at radius 1 is 1.13 bits per heavy atom. The summed E-state index contributed by atoms with van der Waals surface area (Å²) in [6, 6.07) is 3.23. The number of carbonyl (C=O) groups excluding carboxylic acids is 2. The maximum atomic E-state index is 12.9. The van der Waals surface area contributed by atoms with Gasteiger partial charge in [0.15, 0.2) is 0 Å². The lowest BCUT2D eigenvalue weighted by atomic mass is 9.96. The molecule has 0 N–H and O–H groups in total. The van der Waals surface area contributed by atoms with Gasteiger partial charge in [-0.1, -0.05) is 6.92 Å². The van der Waals surface area contributed by atoms with Crippen molar-refractivity contribution in [1.29, 1.82) is 0 Å². The van der Waals surface area contributed by atoms with Crippen molar-refractivity contribution >= 4 is 11.8 Å². The molecule has 5 heteroatoms. The highest BCUT2D eigenvalue weighted by molar-refractivity contribution is 5.97. The molecule has 0 bridgehead atoms. The SMILES string of the molecule is CC1CCN(C(=O)C2CCCCN2C(=O)c2cccnc2)CC1. The smallest absolute Gasteiger partial charge is 0.256 e. The normalized spacial score (nSPS) is 22.9. The molecule has 0 aromatic carbocycles. The number of hydrogen-bond donors (Lipinski definition) is 0. The Labute approximate surface area is 137 Å². The number of aromatic nitrogens is 1. The minimum Gasteiger partial charge on any atom is -0.341 e. The highest BCUT2D eigenvalue weighted by Crippen LogP contribution is 2.24. The van der Waals surface area contributed by atoms with Crippen LogP contribution in [0.2, 0.25) is 0 Å². The predicted molar refractivity (Wildman–Crippen MR) is 87.9 cm³/mol. The van der Waals surface area contributed by atoms with Crippen LogP contribution in [0.5, 0.6) is 0 Å². The Kier molecular flexibility index (Phi) is 4.94. The van der Waals surface area contributed by atoms with Gasteiger partial charge in [-0.2, -0.15) is 0 Å². The topological polar surface area (TPSA) is 53.5 Å². The summed E-state index contributed by atoms with van der Waals surface area (Å²) < 4.78 is 0.